The van der Waals surface area contributed by atoms with Gasteiger partial charge in [-0.3, -0.25) is 0 Å². The van der Waals surface area contributed by atoms with Gasteiger partial charge in [0, 0.05) is 122 Å². The molecule has 8 aliphatic rings. The van der Waals surface area contributed by atoms with E-state index >= 15 is 0 Å². The van der Waals surface area contributed by atoms with Crippen LogP contribution in [0.25, 0.3) is 0 Å². The van der Waals surface area contributed by atoms with Gasteiger partial charge in [-0.2, -0.15) is 0 Å². The minimum atomic E-state index is -4.94. The first-order chi connectivity index (χ1) is 42.6. The average molecular weight is 1340 g/mol. The molecule has 513 valence electrons. The minimum Gasteiger partial charge on any atom is -0.382 e. The Morgan fingerprint density at radius 1 is 0.292 bits per heavy atom. The third-order valence-electron chi connectivity index (χ3n) is 19.6. The fourth-order valence-electron chi connectivity index (χ4n) is 15.2. The fourth-order valence-corrected chi connectivity index (χ4v) is 15.2. The first-order valence-corrected chi connectivity index (χ1v) is 37.6. The molecule has 0 spiro atoms. The molecule has 8 aliphatic carbocycles. The van der Waals surface area contributed by atoms with Crippen molar-refractivity contribution in [2.24, 2.45) is 0 Å². The molecule has 12 rings (SSSR count). The summed E-state index contributed by atoms with van der Waals surface area (Å²) < 4.78 is 87.7. The van der Waals surface area contributed by atoms with E-state index in [-0.39, 0.29) is 17.1 Å². The zero-order valence-electron chi connectivity index (χ0n) is 55.1. The Labute approximate surface area is 551 Å². The Morgan fingerprint density at radius 3 is 0.573 bits per heavy atom. The summed E-state index contributed by atoms with van der Waals surface area (Å²) in [5.41, 5.74) is 6.15. The summed E-state index contributed by atoms with van der Waals surface area (Å²) in [5, 5.41) is 0. The molecular formula is C68H116Cl2CuN8O10. The van der Waals surface area contributed by atoms with E-state index in [1.54, 1.807) is 0 Å². The molecule has 0 amide bonds. The molecule has 0 bridgehead atoms. The number of imidazole rings is 4. The predicted octanol–water partition coefficient (Wildman–Crippen LogP) is 10.3. The van der Waals surface area contributed by atoms with E-state index in [4.69, 9.17) is 46.7 Å². The van der Waals surface area contributed by atoms with E-state index in [0.717, 1.165) is 74.3 Å². The van der Waals surface area contributed by atoms with Crippen LogP contribution in [-0.4, -0.2) is 64.6 Å². The Hall–Kier alpha value is -2.46. The molecule has 18 nitrogen and oxygen atoms in total. The Balaban J connectivity index is 0.000000229. The molecule has 8 fully saturated rings. The SMILES string of the molecule is CCOCC.CCOCC.[Cu+2].[O-][Cl+3]([O-])([O-])[O-].[O-][Cl+3]([O-])([O-])[O-].c1ncn(C2CCCCC2)c1C1CCCCC1.c1ncn(C2CCCCC2)c1C1CCCCC1.c1ncn(C2CCCCC2)c1C1CCCCC1.c1ncn(C2CCCCC2)c1C1CCCCC1. The third kappa shape index (κ3) is 31.6. The maximum atomic E-state index is 8.49. The number of ether oxygens (including phenoxy) is 2. The van der Waals surface area contributed by atoms with Crippen LogP contribution in [0.5, 0.6) is 0 Å². The largest absolute Gasteiger partial charge is 2.00 e. The molecule has 4 heterocycles. The van der Waals surface area contributed by atoms with Crippen molar-refractivity contribution in [2.45, 2.75) is 332 Å². The van der Waals surface area contributed by atoms with Crippen molar-refractivity contribution in [3.63, 3.8) is 0 Å². The van der Waals surface area contributed by atoms with E-state index in [1.807, 2.05) is 27.7 Å². The molecule has 0 aromatic carbocycles. The fraction of sp³-hybridized carbons (Fsp3) is 0.824. The Morgan fingerprint density at radius 2 is 0.438 bits per heavy atom. The quantitative estimate of drug-likeness (QED) is 0.119. The number of aromatic nitrogens is 8. The van der Waals surface area contributed by atoms with Gasteiger partial charge in [-0.15, -0.1) is 20.5 Å². The van der Waals surface area contributed by atoms with Crippen molar-refractivity contribution < 1.29 is 84.3 Å². The van der Waals surface area contributed by atoms with Crippen molar-refractivity contribution in [1.82, 2.24) is 38.2 Å². The topological polar surface area (TPSA) is 274 Å². The monoisotopic (exact) mass is 1340 g/mol. The van der Waals surface area contributed by atoms with Crippen LogP contribution in [0.4, 0.5) is 0 Å². The van der Waals surface area contributed by atoms with Crippen LogP contribution >= 0.6 is 0 Å². The number of halogens is 2. The number of hydrogen-bond donors (Lipinski definition) is 0. The Kier molecular flexibility index (Phi) is 40.6. The molecule has 89 heavy (non-hydrogen) atoms. The zero-order valence-corrected chi connectivity index (χ0v) is 57.5. The first kappa shape index (κ1) is 79.0. The van der Waals surface area contributed by atoms with Gasteiger partial charge < -0.3 is 27.7 Å². The summed E-state index contributed by atoms with van der Waals surface area (Å²) in [5.74, 6) is 3.20. The van der Waals surface area contributed by atoms with Crippen molar-refractivity contribution in [2.75, 3.05) is 26.4 Å². The standard InChI is InChI=1S/4C15H24N2.2C4H10O.2ClHO4.Cu/c4*1-3-7-13(8-4-1)15-11-16-12-17(15)14-9-5-2-6-10-14;2*1-3-5-4-2;2*2-1(3,4)5;/h4*11-14H,1-10H2;2*3-4H2,1-2H3;2*(H,2,3,4,5);/q;;;;;;;;+2/p-2. The average Bonchev–Trinajstić information content (AvgIpc) is 4.18. The summed E-state index contributed by atoms with van der Waals surface area (Å²) in [6, 6.07) is 3.01. The van der Waals surface area contributed by atoms with Crippen LogP contribution < -0.4 is 37.3 Å². The van der Waals surface area contributed by atoms with Crippen LogP contribution in [0.15, 0.2) is 50.1 Å². The van der Waals surface area contributed by atoms with Gasteiger partial charge in [0.1, 0.15) is 0 Å². The van der Waals surface area contributed by atoms with E-state index in [9.17, 15) is 0 Å². The number of hydrogen-bond acceptors (Lipinski definition) is 14. The molecule has 0 saturated heterocycles. The zero-order chi connectivity index (χ0) is 63.2. The molecule has 0 N–H and O–H groups in total. The second-order valence-electron chi connectivity index (χ2n) is 25.7. The molecule has 0 atom stereocenters. The smallest absolute Gasteiger partial charge is 0.382 e. The van der Waals surface area contributed by atoms with Gasteiger partial charge >= 0.3 is 17.1 Å². The molecule has 21 heteroatoms. The van der Waals surface area contributed by atoms with Gasteiger partial charge in [0.2, 0.25) is 0 Å². The van der Waals surface area contributed by atoms with Gasteiger partial charge in [-0.1, -0.05) is 154 Å². The normalized spacial score (nSPS) is 20.6. The molecule has 4 aromatic heterocycles. The van der Waals surface area contributed by atoms with Crippen LogP contribution in [0.1, 0.15) is 355 Å². The van der Waals surface area contributed by atoms with Crippen molar-refractivity contribution >= 4 is 0 Å². The maximum Gasteiger partial charge on any atom is 2.00 e. The van der Waals surface area contributed by atoms with Crippen LogP contribution in [0, 0.1) is 20.5 Å². The van der Waals surface area contributed by atoms with Crippen LogP contribution in [0.3, 0.4) is 0 Å². The minimum absolute atomic E-state index is 0. The van der Waals surface area contributed by atoms with Gasteiger partial charge in [0.15, 0.2) is 0 Å². The predicted molar refractivity (Wildman–Crippen MR) is 325 cm³/mol. The molecule has 0 unspecified atom stereocenters. The van der Waals surface area contributed by atoms with E-state index in [0.29, 0.717) is 0 Å². The molecule has 4 aromatic rings. The third-order valence-corrected chi connectivity index (χ3v) is 19.6. The molecule has 8 saturated carbocycles. The summed E-state index contributed by atoms with van der Waals surface area (Å²) >= 11 is 0. The van der Waals surface area contributed by atoms with Crippen LogP contribution in [-0.2, 0) is 26.5 Å². The van der Waals surface area contributed by atoms with E-state index < -0.39 is 20.5 Å². The summed E-state index contributed by atoms with van der Waals surface area (Å²) in [6.07, 6.45) is 73.1. The second-order valence-corrected chi connectivity index (χ2v) is 27.2. The second kappa shape index (κ2) is 45.8. The molecule has 1 radical (unpaired) electrons. The first-order valence-electron chi connectivity index (χ1n) is 35.1. The van der Waals surface area contributed by atoms with Crippen molar-refractivity contribution in [3.8, 4) is 0 Å². The van der Waals surface area contributed by atoms with Gasteiger partial charge in [0.25, 0.3) is 0 Å². The maximum absolute atomic E-state index is 8.49. The molecule has 0 aliphatic heterocycles. The van der Waals surface area contributed by atoms with E-state index in [1.165, 1.54) is 280 Å². The summed E-state index contributed by atoms with van der Waals surface area (Å²) in [6.45, 7) is 11.3. The summed E-state index contributed by atoms with van der Waals surface area (Å²) in [7, 11) is -9.89. The number of rotatable bonds is 12. The van der Waals surface area contributed by atoms with Gasteiger partial charge in [-0.05, 0) is 130 Å². The Bertz CT molecular complexity index is 1850. The number of nitrogens with zero attached hydrogens (tertiary/aromatic N) is 8. The van der Waals surface area contributed by atoms with Crippen molar-refractivity contribution in [3.05, 3.63) is 72.9 Å². The summed E-state index contributed by atoms with van der Waals surface area (Å²) in [4.78, 5) is 17.7. The van der Waals surface area contributed by atoms with Gasteiger partial charge in [0.05, 0.1) is 25.3 Å². The van der Waals surface area contributed by atoms with Crippen LogP contribution in [0.2, 0.25) is 0 Å². The van der Waals surface area contributed by atoms with Crippen molar-refractivity contribution in [1.29, 1.82) is 0 Å². The molecular weight excluding hydrogens is 1220 g/mol. The van der Waals surface area contributed by atoms with E-state index in [2.05, 4.69) is 88.3 Å². The van der Waals surface area contributed by atoms with Gasteiger partial charge in [-0.25, -0.2) is 57.2 Å².